The Morgan fingerprint density at radius 1 is 1.24 bits per heavy atom. The third kappa shape index (κ3) is 5.42. The van der Waals surface area contributed by atoms with Gasteiger partial charge in [0.25, 0.3) is 0 Å². The summed E-state index contributed by atoms with van der Waals surface area (Å²) in [6.07, 6.45) is 1.68. The molecule has 0 aliphatic rings. The molecule has 2 aromatic rings. The molecule has 0 fully saturated rings. The molecule has 0 radical (unpaired) electrons. The van der Waals surface area contributed by atoms with Gasteiger partial charge in [0, 0.05) is 17.8 Å². The molecule has 0 unspecified atom stereocenters. The van der Waals surface area contributed by atoms with Crippen LogP contribution in [-0.2, 0) is 0 Å². The molecule has 0 aliphatic heterocycles. The minimum Gasteiger partial charge on any atom is -0.497 e. The van der Waals surface area contributed by atoms with E-state index in [4.69, 9.17) is 17.0 Å². The molecule has 0 saturated heterocycles. The van der Waals surface area contributed by atoms with Crippen LogP contribution in [0.5, 0.6) is 11.5 Å². The van der Waals surface area contributed by atoms with Gasteiger partial charge in [-0.15, -0.1) is 6.58 Å². The van der Waals surface area contributed by atoms with Crippen molar-refractivity contribution in [3.63, 3.8) is 0 Å². The second-order valence-corrected chi connectivity index (χ2v) is 5.35. The number of thiocarbonyl (C=S) groups is 1. The van der Waals surface area contributed by atoms with Crippen molar-refractivity contribution in [3.05, 3.63) is 55.1 Å². The van der Waals surface area contributed by atoms with E-state index in [0.717, 1.165) is 0 Å². The van der Waals surface area contributed by atoms with E-state index >= 15 is 0 Å². The quantitative estimate of drug-likeness (QED) is 0.562. The van der Waals surface area contributed by atoms with Crippen molar-refractivity contribution in [2.45, 2.75) is 6.61 Å². The Hall–Kier alpha value is -2.67. The summed E-state index contributed by atoms with van der Waals surface area (Å²) >= 11 is 5.16. The van der Waals surface area contributed by atoms with Crippen LogP contribution in [0.3, 0.4) is 0 Å². The average molecular weight is 364 g/mol. The van der Waals surface area contributed by atoms with E-state index in [-0.39, 0.29) is 5.75 Å². The second kappa shape index (κ2) is 8.98. The molecule has 25 heavy (non-hydrogen) atoms. The highest BCUT2D eigenvalue weighted by Crippen LogP contribution is 2.34. The van der Waals surface area contributed by atoms with E-state index in [1.54, 1.807) is 49.6 Å². The zero-order valence-corrected chi connectivity index (χ0v) is 14.4. The van der Waals surface area contributed by atoms with Crippen molar-refractivity contribution in [1.82, 2.24) is 5.32 Å². The largest absolute Gasteiger partial charge is 0.497 e. The molecule has 0 heterocycles. The summed E-state index contributed by atoms with van der Waals surface area (Å²) in [5, 5.41) is 6.34. The van der Waals surface area contributed by atoms with Crippen molar-refractivity contribution < 1.29 is 18.3 Å². The third-order valence-corrected chi connectivity index (χ3v) is 3.51. The fourth-order valence-corrected chi connectivity index (χ4v) is 2.34. The maximum absolute atomic E-state index is 12.7. The van der Waals surface area contributed by atoms with Crippen molar-refractivity contribution in [3.8, 4) is 22.6 Å². The lowest BCUT2D eigenvalue weighted by atomic mass is 10.0. The van der Waals surface area contributed by atoms with Crippen molar-refractivity contribution in [1.29, 1.82) is 0 Å². The van der Waals surface area contributed by atoms with Gasteiger partial charge in [0.1, 0.15) is 11.5 Å². The molecule has 0 atom stereocenters. The van der Waals surface area contributed by atoms with Gasteiger partial charge in [-0.3, -0.25) is 0 Å². The standard InChI is InChI=1S/C18H18F2N2O2S/c1-3-10-21-18(25)22-13-6-9-16(24-17(19)20)15(11-13)12-4-7-14(23-2)8-5-12/h3-9,11,17H,1,10H2,2H3,(H2,21,22,25). The minimum atomic E-state index is -2.91. The number of alkyl halides is 2. The molecular formula is C18H18F2N2O2S. The van der Waals surface area contributed by atoms with Crippen LogP contribution in [0, 0.1) is 0 Å². The van der Waals surface area contributed by atoms with Crippen molar-refractivity contribution in [2.24, 2.45) is 0 Å². The topological polar surface area (TPSA) is 42.5 Å². The first-order valence-corrected chi connectivity index (χ1v) is 7.83. The lowest BCUT2D eigenvalue weighted by Crippen LogP contribution is -2.28. The van der Waals surface area contributed by atoms with Crippen LogP contribution >= 0.6 is 12.2 Å². The molecule has 0 aromatic heterocycles. The summed E-state index contributed by atoms with van der Waals surface area (Å²) in [6, 6.07) is 11.8. The van der Waals surface area contributed by atoms with Crippen LogP contribution in [-0.4, -0.2) is 25.4 Å². The maximum atomic E-state index is 12.7. The molecule has 0 saturated carbocycles. The SMILES string of the molecule is C=CCNC(=S)Nc1ccc(OC(F)F)c(-c2ccc(OC)cc2)c1. The van der Waals surface area contributed by atoms with Crippen LogP contribution < -0.4 is 20.1 Å². The molecule has 0 bridgehead atoms. The van der Waals surface area contributed by atoms with Crippen LogP contribution in [0.2, 0.25) is 0 Å². The van der Waals surface area contributed by atoms with Crippen LogP contribution in [0.4, 0.5) is 14.5 Å². The normalized spacial score (nSPS) is 10.2. The van der Waals surface area contributed by atoms with E-state index in [1.807, 2.05) is 0 Å². The highest BCUT2D eigenvalue weighted by Gasteiger charge is 2.13. The number of rotatable bonds is 7. The predicted octanol–water partition coefficient (Wildman–Crippen LogP) is 4.44. The van der Waals surface area contributed by atoms with E-state index in [0.29, 0.717) is 34.2 Å². The second-order valence-electron chi connectivity index (χ2n) is 4.94. The van der Waals surface area contributed by atoms with E-state index < -0.39 is 6.61 Å². The van der Waals surface area contributed by atoms with Gasteiger partial charge < -0.3 is 20.1 Å². The third-order valence-electron chi connectivity index (χ3n) is 3.26. The lowest BCUT2D eigenvalue weighted by molar-refractivity contribution is -0.0494. The fourth-order valence-electron chi connectivity index (χ4n) is 2.14. The summed E-state index contributed by atoms with van der Waals surface area (Å²) in [6.45, 7) is 1.21. The Labute approximate surface area is 150 Å². The summed E-state index contributed by atoms with van der Waals surface area (Å²) in [4.78, 5) is 0. The Kier molecular flexibility index (Phi) is 6.71. The molecule has 0 spiro atoms. The average Bonchev–Trinajstić information content (AvgIpc) is 2.61. The zero-order valence-electron chi connectivity index (χ0n) is 13.6. The molecule has 0 amide bonds. The number of anilines is 1. The Morgan fingerprint density at radius 2 is 1.96 bits per heavy atom. The molecule has 0 aliphatic carbocycles. The number of hydrogen-bond acceptors (Lipinski definition) is 3. The summed E-state index contributed by atoms with van der Waals surface area (Å²) in [5.74, 6) is 0.750. The Balaban J connectivity index is 2.33. The Morgan fingerprint density at radius 3 is 2.56 bits per heavy atom. The number of methoxy groups -OCH3 is 1. The van der Waals surface area contributed by atoms with Gasteiger partial charge in [-0.25, -0.2) is 0 Å². The van der Waals surface area contributed by atoms with Crippen LogP contribution in [0.25, 0.3) is 11.1 Å². The van der Waals surface area contributed by atoms with Gasteiger partial charge in [0.2, 0.25) is 0 Å². The number of halogens is 2. The van der Waals surface area contributed by atoms with E-state index in [9.17, 15) is 8.78 Å². The fraction of sp³-hybridized carbons (Fsp3) is 0.167. The number of ether oxygens (including phenoxy) is 2. The molecule has 132 valence electrons. The number of benzene rings is 2. The first-order chi connectivity index (χ1) is 12.0. The highest BCUT2D eigenvalue weighted by atomic mass is 32.1. The van der Waals surface area contributed by atoms with Crippen molar-refractivity contribution >= 4 is 23.0 Å². The molecule has 2 N–H and O–H groups in total. The van der Waals surface area contributed by atoms with Gasteiger partial charge in [-0.05, 0) is 48.1 Å². The zero-order chi connectivity index (χ0) is 18.2. The van der Waals surface area contributed by atoms with Gasteiger partial charge >= 0.3 is 6.61 Å². The molecular weight excluding hydrogens is 346 g/mol. The first kappa shape index (κ1) is 18.7. The number of hydrogen-bond donors (Lipinski definition) is 2. The van der Waals surface area contributed by atoms with Crippen LogP contribution in [0.15, 0.2) is 55.1 Å². The van der Waals surface area contributed by atoms with Gasteiger partial charge in [-0.1, -0.05) is 18.2 Å². The van der Waals surface area contributed by atoms with Crippen LogP contribution in [0.1, 0.15) is 0 Å². The maximum Gasteiger partial charge on any atom is 0.387 e. The predicted molar refractivity (Wildman–Crippen MR) is 99.5 cm³/mol. The number of nitrogens with one attached hydrogen (secondary N) is 2. The van der Waals surface area contributed by atoms with Crippen molar-refractivity contribution in [2.75, 3.05) is 19.0 Å². The molecule has 7 heteroatoms. The van der Waals surface area contributed by atoms with Gasteiger partial charge in [0.15, 0.2) is 5.11 Å². The van der Waals surface area contributed by atoms with Gasteiger partial charge in [0.05, 0.1) is 7.11 Å². The first-order valence-electron chi connectivity index (χ1n) is 7.42. The monoisotopic (exact) mass is 364 g/mol. The van der Waals surface area contributed by atoms with Gasteiger partial charge in [-0.2, -0.15) is 8.78 Å². The van der Waals surface area contributed by atoms with E-state index in [2.05, 4.69) is 21.9 Å². The Bertz CT molecular complexity index is 736. The molecule has 2 aromatic carbocycles. The highest BCUT2D eigenvalue weighted by molar-refractivity contribution is 7.80. The molecule has 4 nitrogen and oxygen atoms in total. The summed E-state index contributed by atoms with van der Waals surface area (Å²) in [5.41, 5.74) is 1.87. The summed E-state index contributed by atoms with van der Waals surface area (Å²) < 4.78 is 35.1. The minimum absolute atomic E-state index is 0.0793. The summed E-state index contributed by atoms with van der Waals surface area (Å²) in [7, 11) is 1.56. The van der Waals surface area contributed by atoms with E-state index in [1.165, 1.54) is 6.07 Å². The lowest BCUT2D eigenvalue weighted by Gasteiger charge is -2.15. The molecule has 2 rings (SSSR count). The smallest absolute Gasteiger partial charge is 0.387 e.